The average molecular weight is 234 g/mol. The molecule has 1 aromatic rings. The van der Waals surface area contributed by atoms with Gasteiger partial charge in [-0.1, -0.05) is 0 Å². The lowest BCUT2D eigenvalue weighted by Gasteiger charge is -2.09. The fraction of sp³-hybridized carbons (Fsp3) is 0.273. The lowest BCUT2D eigenvalue weighted by atomic mass is 10.2. The maximum absolute atomic E-state index is 10.4. The molecular formula is C11H14N4O2. The normalized spacial score (nSPS) is 9.59. The number of carbonyl (C=O) groups is 1. The van der Waals surface area contributed by atoms with E-state index >= 15 is 0 Å². The molecule has 0 saturated heterocycles. The minimum atomic E-state index is -0.504. The SMILES string of the molecule is N#Cc1ccc(N)c(NCCOCC(N)=O)c1. The van der Waals surface area contributed by atoms with E-state index < -0.39 is 5.91 Å². The quantitative estimate of drug-likeness (QED) is 0.475. The average Bonchev–Trinajstić information content (AvgIpc) is 2.30. The largest absolute Gasteiger partial charge is 0.397 e. The standard InChI is InChI=1S/C11H14N4O2/c12-6-8-1-2-9(13)10(5-8)15-3-4-17-7-11(14)16/h1-2,5,15H,3-4,7,13H2,(H2,14,16). The topological polar surface area (TPSA) is 114 Å². The molecule has 0 fully saturated rings. The first kappa shape index (κ1) is 12.8. The molecule has 0 aliphatic carbocycles. The van der Waals surface area contributed by atoms with Gasteiger partial charge in [-0.3, -0.25) is 4.79 Å². The highest BCUT2D eigenvalue weighted by Gasteiger charge is 2.00. The molecule has 0 saturated carbocycles. The van der Waals surface area contributed by atoms with Gasteiger partial charge >= 0.3 is 0 Å². The molecule has 1 rings (SSSR count). The molecule has 0 bridgehead atoms. The monoisotopic (exact) mass is 234 g/mol. The van der Waals surface area contributed by atoms with Crippen molar-refractivity contribution in [2.24, 2.45) is 5.73 Å². The molecular weight excluding hydrogens is 220 g/mol. The van der Waals surface area contributed by atoms with Gasteiger partial charge in [0.2, 0.25) is 5.91 Å². The van der Waals surface area contributed by atoms with Gasteiger partial charge in [0.25, 0.3) is 0 Å². The number of carbonyl (C=O) groups excluding carboxylic acids is 1. The van der Waals surface area contributed by atoms with Crippen LogP contribution in [0.2, 0.25) is 0 Å². The molecule has 6 nitrogen and oxygen atoms in total. The van der Waals surface area contributed by atoms with E-state index in [9.17, 15) is 4.79 Å². The van der Waals surface area contributed by atoms with E-state index in [1.165, 1.54) is 0 Å². The number of hydrogen-bond donors (Lipinski definition) is 3. The Labute approximate surface area is 99.2 Å². The fourth-order valence-electron chi connectivity index (χ4n) is 1.21. The number of ether oxygens (including phenoxy) is 1. The molecule has 0 aliphatic heterocycles. The van der Waals surface area contributed by atoms with Crippen LogP contribution in [0.3, 0.4) is 0 Å². The summed E-state index contributed by atoms with van der Waals surface area (Å²) < 4.78 is 4.97. The molecule has 0 heterocycles. The van der Waals surface area contributed by atoms with E-state index in [2.05, 4.69) is 5.32 Å². The Morgan fingerprint density at radius 3 is 2.94 bits per heavy atom. The van der Waals surface area contributed by atoms with Crippen LogP contribution in [0.1, 0.15) is 5.56 Å². The molecule has 1 amide bonds. The summed E-state index contributed by atoms with van der Waals surface area (Å²) >= 11 is 0. The highest BCUT2D eigenvalue weighted by atomic mass is 16.5. The highest BCUT2D eigenvalue weighted by Crippen LogP contribution is 2.19. The Balaban J connectivity index is 2.41. The van der Waals surface area contributed by atoms with Crippen LogP contribution in [0.4, 0.5) is 11.4 Å². The summed E-state index contributed by atoms with van der Waals surface area (Å²) in [5, 5.41) is 11.7. The number of nitrogens with two attached hydrogens (primary N) is 2. The van der Waals surface area contributed by atoms with Gasteiger partial charge in [-0.05, 0) is 18.2 Å². The number of nitrogen functional groups attached to an aromatic ring is 1. The fourth-order valence-corrected chi connectivity index (χ4v) is 1.21. The minimum Gasteiger partial charge on any atom is -0.397 e. The Kier molecular flexibility index (Phi) is 4.78. The van der Waals surface area contributed by atoms with Crippen LogP contribution in [-0.4, -0.2) is 25.7 Å². The number of nitriles is 1. The van der Waals surface area contributed by atoms with Crippen LogP contribution in [-0.2, 0) is 9.53 Å². The maximum atomic E-state index is 10.4. The predicted molar refractivity (Wildman–Crippen MR) is 64.1 cm³/mol. The third-order valence-electron chi connectivity index (χ3n) is 1.99. The zero-order valence-electron chi connectivity index (χ0n) is 9.27. The number of amides is 1. The van der Waals surface area contributed by atoms with Crippen molar-refractivity contribution < 1.29 is 9.53 Å². The zero-order valence-corrected chi connectivity index (χ0v) is 9.27. The third-order valence-corrected chi connectivity index (χ3v) is 1.99. The van der Waals surface area contributed by atoms with E-state index in [0.717, 1.165) is 0 Å². The lowest BCUT2D eigenvalue weighted by Crippen LogP contribution is -2.20. The van der Waals surface area contributed by atoms with Crippen LogP contribution >= 0.6 is 0 Å². The summed E-state index contributed by atoms with van der Waals surface area (Å²) in [6.45, 7) is 0.709. The molecule has 5 N–H and O–H groups in total. The van der Waals surface area contributed by atoms with Gasteiger partial charge in [-0.25, -0.2) is 0 Å². The van der Waals surface area contributed by atoms with E-state index in [0.29, 0.717) is 30.1 Å². The van der Waals surface area contributed by atoms with E-state index in [4.69, 9.17) is 21.5 Å². The predicted octanol–water partition coefficient (Wildman–Crippen LogP) is 0.0543. The number of rotatable bonds is 6. The maximum Gasteiger partial charge on any atom is 0.243 e. The number of nitrogens with one attached hydrogen (secondary N) is 1. The smallest absolute Gasteiger partial charge is 0.243 e. The summed E-state index contributed by atoms with van der Waals surface area (Å²) in [6, 6.07) is 6.98. The van der Waals surface area contributed by atoms with Gasteiger partial charge in [-0.15, -0.1) is 0 Å². The van der Waals surface area contributed by atoms with Crippen molar-refractivity contribution >= 4 is 17.3 Å². The second-order valence-corrected chi connectivity index (χ2v) is 3.36. The van der Waals surface area contributed by atoms with Crippen molar-refractivity contribution in [2.45, 2.75) is 0 Å². The van der Waals surface area contributed by atoms with Crippen molar-refractivity contribution in [3.05, 3.63) is 23.8 Å². The Morgan fingerprint density at radius 1 is 1.53 bits per heavy atom. The number of primary amides is 1. The highest BCUT2D eigenvalue weighted by molar-refractivity contribution is 5.75. The molecule has 0 radical (unpaired) electrons. The van der Waals surface area contributed by atoms with Crippen LogP contribution in [0.25, 0.3) is 0 Å². The minimum absolute atomic E-state index is 0.102. The molecule has 1 aromatic carbocycles. The van der Waals surface area contributed by atoms with Gasteiger partial charge in [0.05, 0.1) is 29.6 Å². The second kappa shape index (κ2) is 6.35. The first-order valence-corrected chi connectivity index (χ1v) is 5.03. The molecule has 6 heteroatoms. The Hall–Kier alpha value is -2.26. The van der Waals surface area contributed by atoms with Gasteiger partial charge < -0.3 is 21.5 Å². The van der Waals surface area contributed by atoms with Crippen molar-refractivity contribution in [3.63, 3.8) is 0 Å². The zero-order chi connectivity index (χ0) is 12.7. The van der Waals surface area contributed by atoms with Crippen molar-refractivity contribution in [3.8, 4) is 6.07 Å². The first-order valence-electron chi connectivity index (χ1n) is 5.03. The molecule has 0 atom stereocenters. The van der Waals surface area contributed by atoms with Crippen LogP contribution < -0.4 is 16.8 Å². The summed E-state index contributed by atoms with van der Waals surface area (Å²) in [4.78, 5) is 10.4. The van der Waals surface area contributed by atoms with Gasteiger partial charge in [0, 0.05) is 6.54 Å². The number of anilines is 2. The number of benzene rings is 1. The molecule has 90 valence electrons. The molecule has 17 heavy (non-hydrogen) atoms. The molecule has 0 aliphatic rings. The third kappa shape index (κ3) is 4.40. The number of hydrogen-bond acceptors (Lipinski definition) is 5. The van der Waals surface area contributed by atoms with Gasteiger partial charge in [0.15, 0.2) is 0 Å². The molecule has 0 unspecified atom stereocenters. The van der Waals surface area contributed by atoms with Crippen LogP contribution in [0, 0.1) is 11.3 Å². The summed E-state index contributed by atoms with van der Waals surface area (Å²) in [5.74, 6) is -0.504. The van der Waals surface area contributed by atoms with Crippen molar-refractivity contribution in [1.82, 2.24) is 0 Å². The van der Waals surface area contributed by atoms with Gasteiger partial charge in [0.1, 0.15) is 6.61 Å². The van der Waals surface area contributed by atoms with Gasteiger partial charge in [-0.2, -0.15) is 5.26 Å². The van der Waals surface area contributed by atoms with Crippen molar-refractivity contribution in [1.29, 1.82) is 5.26 Å². The number of nitrogens with zero attached hydrogens (tertiary/aromatic N) is 1. The van der Waals surface area contributed by atoms with E-state index in [1.54, 1.807) is 18.2 Å². The van der Waals surface area contributed by atoms with Crippen LogP contribution in [0.5, 0.6) is 0 Å². The Bertz CT molecular complexity index is 440. The Morgan fingerprint density at radius 2 is 2.29 bits per heavy atom. The molecule has 0 spiro atoms. The summed E-state index contributed by atoms with van der Waals surface area (Å²) in [7, 11) is 0. The second-order valence-electron chi connectivity index (χ2n) is 3.36. The van der Waals surface area contributed by atoms with E-state index in [1.807, 2.05) is 6.07 Å². The van der Waals surface area contributed by atoms with Crippen LogP contribution in [0.15, 0.2) is 18.2 Å². The van der Waals surface area contributed by atoms with Crippen molar-refractivity contribution in [2.75, 3.05) is 30.8 Å². The van der Waals surface area contributed by atoms with E-state index in [-0.39, 0.29) is 6.61 Å². The molecule has 0 aromatic heterocycles. The summed E-state index contributed by atoms with van der Waals surface area (Å²) in [6.07, 6.45) is 0. The first-order chi connectivity index (χ1) is 8.13. The summed E-state index contributed by atoms with van der Waals surface area (Å²) in [5.41, 5.74) is 12.4. The lowest BCUT2D eigenvalue weighted by molar-refractivity contribution is -0.122.